The van der Waals surface area contributed by atoms with Crippen molar-refractivity contribution in [1.82, 2.24) is 4.90 Å². The van der Waals surface area contributed by atoms with E-state index in [0.29, 0.717) is 6.10 Å². The number of nitrogens with two attached hydrogens (primary N) is 1. The van der Waals surface area contributed by atoms with E-state index in [1.807, 2.05) is 0 Å². The number of benzene rings is 1. The smallest absolute Gasteiger partial charge is 0.0599 e. The standard InChI is InChI=1S/C15H22Br2N2O/c16-14-3-2-12(10-15(14)17)11-19-7-4-13(5-8-19)20-9-1-6-18/h2-3,10,13H,1,4-9,11,18H2. The maximum absolute atomic E-state index is 5.84. The van der Waals surface area contributed by atoms with Gasteiger partial charge < -0.3 is 10.5 Å². The minimum atomic E-state index is 0.425. The molecule has 2 N–H and O–H groups in total. The van der Waals surface area contributed by atoms with Crippen molar-refractivity contribution >= 4 is 31.9 Å². The van der Waals surface area contributed by atoms with Crippen LogP contribution in [-0.4, -0.2) is 37.2 Å². The van der Waals surface area contributed by atoms with Crippen molar-refractivity contribution in [3.8, 4) is 0 Å². The third-order valence-corrected chi connectivity index (χ3v) is 5.51. The Labute approximate surface area is 138 Å². The minimum absolute atomic E-state index is 0.425. The average Bonchev–Trinajstić information content (AvgIpc) is 2.45. The number of ether oxygens (including phenoxy) is 1. The SMILES string of the molecule is NCCCOC1CCN(Cc2ccc(Br)c(Br)c2)CC1. The summed E-state index contributed by atoms with van der Waals surface area (Å²) in [7, 11) is 0. The highest BCUT2D eigenvalue weighted by Crippen LogP contribution is 2.25. The number of halogens is 2. The Morgan fingerprint density at radius 2 is 1.95 bits per heavy atom. The Kier molecular flexibility index (Phi) is 6.97. The summed E-state index contributed by atoms with van der Waals surface area (Å²) in [6.45, 7) is 4.77. The van der Waals surface area contributed by atoms with E-state index in [1.54, 1.807) is 0 Å². The number of nitrogens with zero attached hydrogens (tertiary/aromatic N) is 1. The van der Waals surface area contributed by atoms with E-state index >= 15 is 0 Å². The van der Waals surface area contributed by atoms with Gasteiger partial charge >= 0.3 is 0 Å². The van der Waals surface area contributed by atoms with Crippen LogP contribution < -0.4 is 5.73 Å². The van der Waals surface area contributed by atoms with Crippen LogP contribution in [0.4, 0.5) is 0 Å². The molecule has 3 nitrogen and oxygen atoms in total. The summed E-state index contributed by atoms with van der Waals surface area (Å²) in [5.41, 5.74) is 6.83. The van der Waals surface area contributed by atoms with Crippen molar-refractivity contribution in [2.45, 2.75) is 31.9 Å². The molecule has 1 fully saturated rings. The van der Waals surface area contributed by atoms with E-state index < -0.39 is 0 Å². The van der Waals surface area contributed by atoms with E-state index in [4.69, 9.17) is 10.5 Å². The molecule has 0 spiro atoms. The van der Waals surface area contributed by atoms with Crippen LogP contribution in [0.5, 0.6) is 0 Å². The first-order chi connectivity index (χ1) is 9.69. The molecule has 20 heavy (non-hydrogen) atoms. The number of rotatable bonds is 6. The highest BCUT2D eigenvalue weighted by atomic mass is 79.9. The Hall–Kier alpha value is 0.0600. The Morgan fingerprint density at radius 3 is 2.60 bits per heavy atom. The minimum Gasteiger partial charge on any atom is -0.378 e. The molecule has 0 aromatic heterocycles. The van der Waals surface area contributed by atoms with E-state index in [1.165, 1.54) is 5.56 Å². The Morgan fingerprint density at radius 1 is 1.20 bits per heavy atom. The third kappa shape index (κ3) is 5.11. The fourth-order valence-corrected chi connectivity index (χ4v) is 3.14. The summed E-state index contributed by atoms with van der Waals surface area (Å²) in [4.78, 5) is 2.50. The van der Waals surface area contributed by atoms with Crippen LogP contribution in [-0.2, 0) is 11.3 Å². The highest BCUT2D eigenvalue weighted by Gasteiger charge is 2.19. The van der Waals surface area contributed by atoms with Crippen molar-refractivity contribution < 1.29 is 4.74 Å². The molecule has 2 rings (SSSR count). The lowest BCUT2D eigenvalue weighted by Gasteiger charge is -2.32. The summed E-state index contributed by atoms with van der Waals surface area (Å²) in [5, 5.41) is 0. The Bertz CT molecular complexity index is 420. The van der Waals surface area contributed by atoms with Gasteiger partial charge in [0.1, 0.15) is 0 Å². The summed E-state index contributed by atoms with van der Waals surface area (Å²) in [6, 6.07) is 6.47. The predicted octanol–water partition coefficient (Wildman–Crippen LogP) is 3.54. The van der Waals surface area contributed by atoms with Gasteiger partial charge in [0.05, 0.1) is 6.10 Å². The van der Waals surface area contributed by atoms with E-state index in [-0.39, 0.29) is 0 Å². The molecule has 0 unspecified atom stereocenters. The van der Waals surface area contributed by atoms with Crippen molar-refractivity contribution in [2.24, 2.45) is 5.73 Å². The van der Waals surface area contributed by atoms with Crippen molar-refractivity contribution in [3.63, 3.8) is 0 Å². The third-order valence-electron chi connectivity index (χ3n) is 3.63. The summed E-state index contributed by atoms with van der Waals surface area (Å²) < 4.78 is 8.06. The molecule has 1 saturated heterocycles. The Balaban J connectivity index is 1.75. The molecule has 1 aliphatic heterocycles. The number of hydrogen-bond donors (Lipinski definition) is 1. The van der Waals surface area contributed by atoms with Crippen LogP contribution in [0.15, 0.2) is 27.1 Å². The predicted molar refractivity (Wildman–Crippen MR) is 89.8 cm³/mol. The van der Waals surface area contributed by atoms with Gasteiger partial charge in [0, 0.05) is 35.2 Å². The number of hydrogen-bond acceptors (Lipinski definition) is 3. The maximum Gasteiger partial charge on any atom is 0.0599 e. The topological polar surface area (TPSA) is 38.5 Å². The second-order valence-electron chi connectivity index (χ2n) is 5.24. The normalized spacial score (nSPS) is 17.6. The van der Waals surface area contributed by atoms with Gasteiger partial charge in [-0.1, -0.05) is 6.07 Å². The lowest BCUT2D eigenvalue weighted by molar-refractivity contribution is 0.00563. The van der Waals surface area contributed by atoms with Gasteiger partial charge in [-0.15, -0.1) is 0 Å². The largest absolute Gasteiger partial charge is 0.378 e. The molecule has 0 aliphatic carbocycles. The van der Waals surface area contributed by atoms with Gasteiger partial charge in [-0.25, -0.2) is 0 Å². The zero-order valence-corrected chi connectivity index (χ0v) is 14.8. The molecule has 1 heterocycles. The van der Waals surface area contributed by atoms with Crippen LogP contribution >= 0.6 is 31.9 Å². The van der Waals surface area contributed by atoms with E-state index in [2.05, 4.69) is 55.0 Å². The quantitative estimate of drug-likeness (QED) is 0.735. The molecule has 1 aliphatic rings. The number of likely N-dealkylation sites (tertiary alicyclic amines) is 1. The van der Waals surface area contributed by atoms with Crippen LogP contribution in [0, 0.1) is 0 Å². The van der Waals surface area contributed by atoms with Gasteiger partial charge in [0.15, 0.2) is 0 Å². The average molecular weight is 406 g/mol. The van der Waals surface area contributed by atoms with Crippen molar-refractivity contribution in [2.75, 3.05) is 26.2 Å². The molecule has 0 atom stereocenters. The van der Waals surface area contributed by atoms with Gasteiger partial charge in [0.2, 0.25) is 0 Å². The first-order valence-electron chi connectivity index (χ1n) is 7.17. The van der Waals surface area contributed by atoms with Crippen LogP contribution in [0.2, 0.25) is 0 Å². The van der Waals surface area contributed by atoms with Gasteiger partial charge in [0.25, 0.3) is 0 Å². The lowest BCUT2D eigenvalue weighted by Crippen LogP contribution is -2.36. The fraction of sp³-hybridized carbons (Fsp3) is 0.600. The second-order valence-corrected chi connectivity index (χ2v) is 6.95. The van der Waals surface area contributed by atoms with Crippen LogP contribution in [0.1, 0.15) is 24.8 Å². The second kappa shape index (κ2) is 8.49. The monoisotopic (exact) mass is 404 g/mol. The zero-order chi connectivity index (χ0) is 14.4. The van der Waals surface area contributed by atoms with E-state index in [0.717, 1.165) is 61.0 Å². The van der Waals surface area contributed by atoms with Crippen molar-refractivity contribution in [3.05, 3.63) is 32.7 Å². The first-order valence-corrected chi connectivity index (χ1v) is 8.75. The van der Waals surface area contributed by atoms with Gasteiger partial charge in [-0.05, 0) is 75.4 Å². The zero-order valence-electron chi connectivity index (χ0n) is 11.7. The summed E-state index contributed by atoms with van der Waals surface area (Å²) >= 11 is 7.07. The molecule has 0 amide bonds. The van der Waals surface area contributed by atoms with Gasteiger partial charge in [-0.3, -0.25) is 4.90 Å². The molecule has 1 aromatic carbocycles. The molecule has 5 heteroatoms. The molecule has 0 saturated carbocycles. The van der Waals surface area contributed by atoms with Crippen LogP contribution in [0.3, 0.4) is 0 Å². The summed E-state index contributed by atoms with van der Waals surface area (Å²) in [5.74, 6) is 0. The highest BCUT2D eigenvalue weighted by molar-refractivity contribution is 9.13. The number of piperidine rings is 1. The summed E-state index contributed by atoms with van der Waals surface area (Å²) in [6.07, 6.45) is 3.65. The molecular weight excluding hydrogens is 384 g/mol. The van der Waals surface area contributed by atoms with E-state index in [9.17, 15) is 0 Å². The van der Waals surface area contributed by atoms with Crippen LogP contribution in [0.25, 0.3) is 0 Å². The fourth-order valence-electron chi connectivity index (χ4n) is 2.46. The first kappa shape index (κ1) is 16.4. The molecule has 1 aromatic rings. The molecule has 0 bridgehead atoms. The molecule has 0 radical (unpaired) electrons. The van der Waals surface area contributed by atoms with Gasteiger partial charge in [-0.2, -0.15) is 0 Å². The lowest BCUT2D eigenvalue weighted by atomic mass is 10.1. The maximum atomic E-state index is 5.84. The van der Waals surface area contributed by atoms with Crippen molar-refractivity contribution in [1.29, 1.82) is 0 Å². The molecular formula is C15H22Br2N2O. The molecule has 112 valence electrons.